The molecule has 2 heterocycles. The summed E-state index contributed by atoms with van der Waals surface area (Å²) in [6, 6.07) is 17.1. The first-order valence-corrected chi connectivity index (χ1v) is 11.9. The first-order chi connectivity index (χ1) is 16.7. The number of fused-ring (bicyclic) bond motifs is 2. The van der Waals surface area contributed by atoms with Gasteiger partial charge in [-0.25, -0.2) is 0 Å². The van der Waals surface area contributed by atoms with Crippen molar-refractivity contribution < 1.29 is 14.5 Å². The lowest BCUT2D eigenvalue weighted by atomic mass is 9.79. The third-order valence-electron chi connectivity index (χ3n) is 6.99. The highest BCUT2D eigenvalue weighted by molar-refractivity contribution is 6.37. The normalized spacial score (nSPS) is 23.4. The fourth-order valence-corrected chi connectivity index (χ4v) is 5.96. The number of anilines is 1. The lowest BCUT2D eigenvalue weighted by Gasteiger charge is -2.30. The van der Waals surface area contributed by atoms with Gasteiger partial charge < -0.3 is 10.1 Å². The van der Waals surface area contributed by atoms with E-state index in [-0.39, 0.29) is 28.1 Å². The number of hydrogen-bond acceptors (Lipinski definition) is 5. The highest BCUT2D eigenvalue weighted by Crippen LogP contribution is 2.52. The predicted octanol–water partition coefficient (Wildman–Crippen LogP) is 5.40. The molecule has 7 nitrogen and oxygen atoms in total. The standard InChI is InChI=1S/C26H23Cl2N3O4/c1-15-7-9-16(10-8-15)14-35-23-20(27)11-17(12-21(23)28)18-13-30(2)26(24(18)31(33)34)19-5-3-4-6-22(19)29-25(26)32/h3-12,18,24H,13-14H2,1-2H3,(H,29,32)/t18-,24+,26+/m0/s1. The summed E-state index contributed by atoms with van der Waals surface area (Å²) in [6.45, 7) is 2.57. The molecule has 1 N–H and O–H groups in total. The van der Waals surface area contributed by atoms with Crippen LogP contribution < -0.4 is 10.1 Å². The maximum absolute atomic E-state index is 13.3. The number of nitrogens with one attached hydrogen (secondary N) is 1. The second-order valence-corrected chi connectivity index (χ2v) is 9.89. The SMILES string of the molecule is Cc1ccc(COc2c(Cl)cc([C@@H]3CN(C)[C@@]4(C(=O)Nc5ccccc54)[C@@H]3[N+](=O)[O-])cc2Cl)cc1. The Balaban J connectivity index is 1.50. The van der Waals surface area contributed by atoms with E-state index in [0.29, 0.717) is 22.6 Å². The molecule has 3 atom stereocenters. The summed E-state index contributed by atoms with van der Waals surface area (Å²) in [5.41, 5.74) is 2.47. The molecule has 1 spiro atoms. The molecule has 3 aromatic rings. The van der Waals surface area contributed by atoms with Crippen LogP contribution in [0, 0.1) is 17.0 Å². The summed E-state index contributed by atoms with van der Waals surface area (Å²) >= 11 is 13.1. The lowest BCUT2D eigenvalue weighted by molar-refractivity contribution is -0.534. The average Bonchev–Trinajstić information content (AvgIpc) is 3.29. The van der Waals surface area contributed by atoms with Gasteiger partial charge in [-0.15, -0.1) is 0 Å². The van der Waals surface area contributed by atoms with E-state index in [0.717, 1.165) is 11.1 Å². The van der Waals surface area contributed by atoms with Crippen molar-refractivity contribution in [2.24, 2.45) is 0 Å². The smallest absolute Gasteiger partial charge is 0.256 e. The molecule has 35 heavy (non-hydrogen) atoms. The van der Waals surface area contributed by atoms with Gasteiger partial charge in [-0.05, 0) is 43.3 Å². The zero-order valence-corrected chi connectivity index (χ0v) is 20.6. The third kappa shape index (κ3) is 3.75. The second kappa shape index (κ2) is 8.82. The number of likely N-dealkylation sites (tertiary alicyclic amines) is 1. The molecule has 0 unspecified atom stereocenters. The van der Waals surface area contributed by atoms with E-state index >= 15 is 0 Å². The summed E-state index contributed by atoms with van der Waals surface area (Å²) in [5, 5.41) is 15.8. The van der Waals surface area contributed by atoms with Gasteiger partial charge in [0.1, 0.15) is 6.61 Å². The first-order valence-electron chi connectivity index (χ1n) is 11.2. The number of para-hydroxylation sites is 1. The number of aryl methyl sites for hydroxylation is 1. The number of halogens is 2. The van der Waals surface area contributed by atoms with Gasteiger partial charge in [0.25, 0.3) is 11.9 Å². The number of rotatable bonds is 5. The monoisotopic (exact) mass is 511 g/mol. The molecule has 2 aliphatic rings. The van der Waals surface area contributed by atoms with Crippen molar-refractivity contribution >= 4 is 34.8 Å². The largest absolute Gasteiger partial charge is 0.486 e. The molecule has 180 valence electrons. The molecule has 0 bridgehead atoms. The Labute approximate surface area is 212 Å². The minimum absolute atomic E-state index is 0.265. The zero-order valence-electron chi connectivity index (χ0n) is 19.1. The minimum Gasteiger partial charge on any atom is -0.486 e. The number of carbonyl (C=O) groups excluding carboxylic acids is 1. The van der Waals surface area contributed by atoms with Crippen LogP contribution in [0.2, 0.25) is 10.0 Å². The molecule has 2 aliphatic heterocycles. The van der Waals surface area contributed by atoms with Crippen LogP contribution in [-0.2, 0) is 16.9 Å². The van der Waals surface area contributed by atoms with Crippen molar-refractivity contribution in [3.8, 4) is 5.75 Å². The van der Waals surface area contributed by atoms with Gasteiger partial charge in [0.15, 0.2) is 11.3 Å². The molecule has 0 aliphatic carbocycles. The Morgan fingerprint density at radius 1 is 1.14 bits per heavy atom. The van der Waals surface area contributed by atoms with Crippen LogP contribution in [0.4, 0.5) is 5.69 Å². The number of benzene rings is 3. The van der Waals surface area contributed by atoms with Crippen LogP contribution >= 0.6 is 23.2 Å². The van der Waals surface area contributed by atoms with Gasteiger partial charge in [-0.2, -0.15) is 0 Å². The van der Waals surface area contributed by atoms with Gasteiger partial charge in [0, 0.05) is 22.7 Å². The molecule has 1 fully saturated rings. The van der Waals surface area contributed by atoms with Crippen molar-refractivity contribution in [1.82, 2.24) is 4.90 Å². The Bertz CT molecular complexity index is 1310. The summed E-state index contributed by atoms with van der Waals surface area (Å²) in [5.74, 6) is -0.700. The number of likely N-dealkylation sites (N-methyl/N-ethyl adjacent to an activating group) is 1. The molecular weight excluding hydrogens is 489 g/mol. The zero-order chi connectivity index (χ0) is 24.9. The Hall–Kier alpha value is -3.13. The van der Waals surface area contributed by atoms with Crippen LogP contribution in [0.25, 0.3) is 0 Å². The molecule has 0 radical (unpaired) electrons. The van der Waals surface area contributed by atoms with E-state index in [4.69, 9.17) is 27.9 Å². The van der Waals surface area contributed by atoms with Crippen molar-refractivity contribution in [3.63, 3.8) is 0 Å². The lowest BCUT2D eigenvalue weighted by Crippen LogP contribution is -2.54. The molecule has 5 rings (SSSR count). The molecule has 3 aromatic carbocycles. The fourth-order valence-electron chi connectivity index (χ4n) is 5.35. The van der Waals surface area contributed by atoms with Gasteiger partial charge in [0.2, 0.25) is 0 Å². The number of amides is 1. The number of carbonyl (C=O) groups is 1. The average molecular weight is 512 g/mol. The van der Waals surface area contributed by atoms with E-state index in [1.54, 1.807) is 48.3 Å². The molecule has 9 heteroatoms. The third-order valence-corrected chi connectivity index (χ3v) is 7.56. The van der Waals surface area contributed by atoms with Crippen molar-refractivity contribution in [3.05, 3.63) is 103 Å². The molecular formula is C26H23Cl2N3O4. The number of hydrogen-bond donors (Lipinski definition) is 1. The quantitative estimate of drug-likeness (QED) is 0.366. The van der Waals surface area contributed by atoms with E-state index in [2.05, 4.69) is 5.32 Å². The Morgan fingerprint density at radius 2 is 1.80 bits per heavy atom. The van der Waals surface area contributed by atoms with Crippen molar-refractivity contribution in [2.45, 2.75) is 31.0 Å². The Kier molecular flexibility index (Phi) is 5.95. The first kappa shape index (κ1) is 23.6. The van der Waals surface area contributed by atoms with Gasteiger partial charge in [-0.3, -0.25) is 19.8 Å². The molecule has 1 amide bonds. The van der Waals surface area contributed by atoms with Gasteiger partial charge >= 0.3 is 0 Å². The Morgan fingerprint density at radius 3 is 2.46 bits per heavy atom. The van der Waals surface area contributed by atoms with Gasteiger partial charge in [0.05, 0.1) is 16.0 Å². The maximum atomic E-state index is 13.3. The van der Waals surface area contributed by atoms with Crippen LogP contribution in [-0.4, -0.2) is 35.4 Å². The van der Waals surface area contributed by atoms with Crippen molar-refractivity contribution in [2.75, 3.05) is 18.9 Å². The highest BCUT2D eigenvalue weighted by Gasteiger charge is 2.68. The van der Waals surface area contributed by atoms with E-state index < -0.39 is 23.4 Å². The fraction of sp³-hybridized carbons (Fsp3) is 0.269. The van der Waals surface area contributed by atoms with Crippen LogP contribution in [0.1, 0.15) is 28.2 Å². The second-order valence-electron chi connectivity index (χ2n) is 9.07. The van der Waals surface area contributed by atoms with Crippen LogP contribution in [0.3, 0.4) is 0 Å². The van der Waals surface area contributed by atoms with Crippen molar-refractivity contribution in [1.29, 1.82) is 0 Å². The topological polar surface area (TPSA) is 84.7 Å². The molecule has 1 saturated heterocycles. The van der Waals surface area contributed by atoms with Gasteiger partial charge in [-0.1, -0.05) is 71.2 Å². The maximum Gasteiger partial charge on any atom is 0.256 e. The summed E-state index contributed by atoms with van der Waals surface area (Å²) < 4.78 is 5.89. The van der Waals surface area contributed by atoms with E-state index in [1.165, 1.54) is 0 Å². The predicted molar refractivity (Wildman–Crippen MR) is 135 cm³/mol. The molecule has 0 aromatic heterocycles. The summed E-state index contributed by atoms with van der Waals surface area (Å²) in [7, 11) is 1.74. The minimum atomic E-state index is -1.43. The summed E-state index contributed by atoms with van der Waals surface area (Å²) in [4.78, 5) is 27.1. The molecule has 0 saturated carbocycles. The number of ether oxygens (including phenoxy) is 1. The van der Waals surface area contributed by atoms with Crippen LogP contribution in [0.15, 0.2) is 60.7 Å². The van der Waals surface area contributed by atoms with E-state index in [1.807, 2.05) is 31.2 Å². The number of nitrogens with zero attached hydrogens (tertiary/aromatic N) is 2. The number of nitro groups is 1. The summed E-state index contributed by atoms with van der Waals surface area (Å²) in [6.07, 6.45) is 0. The van der Waals surface area contributed by atoms with E-state index in [9.17, 15) is 14.9 Å². The van der Waals surface area contributed by atoms with Crippen LogP contribution in [0.5, 0.6) is 5.75 Å². The highest BCUT2D eigenvalue weighted by atomic mass is 35.5.